The molecule has 40 heavy (non-hydrogen) atoms. The quantitative estimate of drug-likeness (QED) is 0.442. The van der Waals surface area contributed by atoms with E-state index in [-0.39, 0.29) is 41.8 Å². The maximum absolute atomic E-state index is 14.8. The Morgan fingerprint density at radius 3 is 2.62 bits per heavy atom. The van der Waals surface area contributed by atoms with Crippen molar-refractivity contribution in [1.82, 2.24) is 25.5 Å². The molecule has 0 spiro atoms. The number of carbonyl (C=O) groups is 1. The molecule has 0 saturated carbocycles. The minimum atomic E-state index is -0.774. The fourth-order valence-electron chi connectivity index (χ4n) is 5.24. The molecular weight excluding hydrogens is 540 g/mol. The first-order valence-corrected chi connectivity index (χ1v) is 13.2. The Labute approximate surface area is 234 Å². The van der Waals surface area contributed by atoms with Crippen LogP contribution in [0.4, 0.5) is 14.7 Å². The second-order valence-corrected chi connectivity index (χ2v) is 10.5. The van der Waals surface area contributed by atoms with Crippen LogP contribution in [-0.4, -0.2) is 58.0 Å². The summed E-state index contributed by atoms with van der Waals surface area (Å²) >= 11 is 6.29. The molecule has 0 radical (unpaired) electrons. The number of ether oxygens (including phenoxy) is 1. The summed E-state index contributed by atoms with van der Waals surface area (Å²) in [4.78, 5) is 28.4. The van der Waals surface area contributed by atoms with Gasteiger partial charge in [0.25, 0.3) is 5.91 Å². The number of carbonyl (C=O) groups excluding carboxylic acids is 1. The molecule has 12 heteroatoms. The molecule has 1 amide bonds. The Bertz CT molecular complexity index is 1530. The van der Waals surface area contributed by atoms with Crippen LogP contribution in [0, 0.1) is 11.6 Å². The minimum absolute atomic E-state index is 0.102. The zero-order valence-electron chi connectivity index (χ0n) is 21.7. The van der Waals surface area contributed by atoms with Crippen molar-refractivity contribution in [1.29, 1.82) is 0 Å². The number of nitrogens with one attached hydrogen (secondary N) is 3. The van der Waals surface area contributed by atoms with Crippen molar-refractivity contribution in [2.24, 2.45) is 4.99 Å². The zero-order valence-corrected chi connectivity index (χ0v) is 22.5. The molecule has 6 rings (SSSR count). The minimum Gasteiger partial charge on any atom is -0.458 e. The molecule has 2 aromatic carbocycles. The second kappa shape index (κ2) is 10.5. The molecule has 0 bridgehead atoms. The number of rotatable bonds is 4. The van der Waals surface area contributed by atoms with E-state index < -0.39 is 18.0 Å². The van der Waals surface area contributed by atoms with Gasteiger partial charge in [-0.05, 0) is 38.1 Å². The third-order valence-corrected chi connectivity index (χ3v) is 7.14. The molecule has 0 aliphatic carbocycles. The second-order valence-electron chi connectivity index (χ2n) is 10.0. The molecule has 9 nitrogen and oxygen atoms in total. The van der Waals surface area contributed by atoms with Crippen LogP contribution in [0.1, 0.15) is 30.5 Å². The van der Waals surface area contributed by atoms with Gasteiger partial charge in [-0.1, -0.05) is 23.7 Å². The molecule has 4 heterocycles. The highest BCUT2D eigenvalue weighted by Gasteiger charge is 2.31. The van der Waals surface area contributed by atoms with Crippen LogP contribution < -0.4 is 16.0 Å². The van der Waals surface area contributed by atoms with Crippen LogP contribution in [0.15, 0.2) is 59.5 Å². The van der Waals surface area contributed by atoms with Crippen LogP contribution in [0.25, 0.3) is 11.3 Å². The summed E-state index contributed by atoms with van der Waals surface area (Å²) in [7, 11) is 0. The Hall–Kier alpha value is -4.09. The van der Waals surface area contributed by atoms with Gasteiger partial charge >= 0.3 is 0 Å². The van der Waals surface area contributed by atoms with E-state index in [4.69, 9.17) is 16.3 Å². The lowest BCUT2D eigenvalue weighted by Crippen LogP contribution is -2.56. The van der Waals surface area contributed by atoms with E-state index in [1.807, 2.05) is 13.8 Å². The van der Waals surface area contributed by atoms with Crippen molar-refractivity contribution in [3.8, 4) is 11.3 Å². The number of halogens is 3. The number of aromatic nitrogens is 2. The van der Waals surface area contributed by atoms with Crippen molar-refractivity contribution in [2.75, 3.05) is 18.4 Å². The fourth-order valence-corrected chi connectivity index (χ4v) is 5.41. The predicted molar refractivity (Wildman–Crippen MR) is 147 cm³/mol. The molecule has 1 saturated heterocycles. The van der Waals surface area contributed by atoms with Gasteiger partial charge in [-0.15, -0.1) is 0 Å². The van der Waals surface area contributed by atoms with E-state index in [1.165, 1.54) is 24.5 Å². The number of hydrogen-bond donors (Lipinski definition) is 3. The van der Waals surface area contributed by atoms with Gasteiger partial charge in [0.15, 0.2) is 0 Å². The van der Waals surface area contributed by atoms with Gasteiger partial charge < -0.3 is 25.6 Å². The Morgan fingerprint density at radius 2 is 1.88 bits per heavy atom. The third-order valence-electron chi connectivity index (χ3n) is 6.91. The Balaban J connectivity index is 1.25. The summed E-state index contributed by atoms with van der Waals surface area (Å²) in [6.07, 6.45) is 2.22. The topological polar surface area (TPSA) is 104 Å². The zero-order chi connectivity index (χ0) is 28.0. The number of anilines is 1. The summed E-state index contributed by atoms with van der Waals surface area (Å²) in [5.41, 5.74) is 2.49. The molecular formula is C28H26ClF2N7O2. The number of amides is 1. The summed E-state index contributed by atoms with van der Waals surface area (Å²) in [6.45, 7) is 5.37. The number of aliphatic imine (C=N–C) groups is 1. The highest BCUT2D eigenvalue weighted by atomic mass is 35.5. The van der Waals surface area contributed by atoms with E-state index in [0.717, 1.165) is 0 Å². The SMILES string of the molecule is CC1CN(C(=O)C2=COC(Nc3ncc4c(n3)-c3ccc(Cl)cc3C(c3c(F)cccc3F)=NC4)N2)CC(C)N1. The molecule has 1 fully saturated rings. The smallest absolute Gasteiger partial charge is 0.273 e. The average molecular weight is 566 g/mol. The highest BCUT2D eigenvalue weighted by Crippen LogP contribution is 2.34. The van der Waals surface area contributed by atoms with Gasteiger partial charge in [0.2, 0.25) is 12.3 Å². The lowest BCUT2D eigenvalue weighted by atomic mass is 9.95. The lowest BCUT2D eigenvalue weighted by Gasteiger charge is -2.36. The molecule has 3 aromatic rings. The van der Waals surface area contributed by atoms with Gasteiger partial charge in [-0.25, -0.2) is 18.7 Å². The number of fused-ring (bicyclic) bond motifs is 3. The number of benzene rings is 2. The van der Waals surface area contributed by atoms with Gasteiger partial charge in [-0.2, -0.15) is 0 Å². The summed E-state index contributed by atoms with van der Waals surface area (Å²) in [6, 6.07) is 9.11. The van der Waals surface area contributed by atoms with E-state index in [2.05, 4.69) is 30.9 Å². The van der Waals surface area contributed by atoms with E-state index in [9.17, 15) is 13.6 Å². The lowest BCUT2D eigenvalue weighted by molar-refractivity contribution is -0.129. The van der Waals surface area contributed by atoms with Gasteiger partial charge in [0.1, 0.15) is 23.6 Å². The summed E-state index contributed by atoms with van der Waals surface area (Å²) in [5, 5.41) is 9.88. The predicted octanol–water partition coefficient (Wildman–Crippen LogP) is 3.79. The van der Waals surface area contributed by atoms with E-state index in [0.29, 0.717) is 46.2 Å². The van der Waals surface area contributed by atoms with Crippen LogP contribution in [0.3, 0.4) is 0 Å². The van der Waals surface area contributed by atoms with Crippen LogP contribution in [0.2, 0.25) is 5.02 Å². The Morgan fingerprint density at radius 1 is 1.12 bits per heavy atom. The normalized spacial score (nSPS) is 21.7. The van der Waals surface area contributed by atoms with Gasteiger partial charge in [0, 0.05) is 53.1 Å². The summed E-state index contributed by atoms with van der Waals surface area (Å²) < 4.78 is 35.2. The Kier molecular flexibility index (Phi) is 6.85. The van der Waals surface area contributed by atoms with Crippen molar-refractivity contribution >= 4 is 29.2 Å². The number of piperazine rings is 1. The number of nitrogens with zero attached hydrogens (tertiary/aromatic N) is 4. The molecule has 3 aliphatic rings. The fraction of sp³-hybridized carbons (Fsp3) is 0.286. The van der Waals surface area contributed by atoms with E-state index >= 15 is 0 Å². The standard InChI is InChI=1S/C28H26ClF2N7O2/c1-14-11-38(12-15(2)34-14)26(39)22-13-40-28(35-22)37-27-33-10-16-9-32-25(23-20(30)4-3-5-21(23)31)19-8-17(29)6-7-18(19)24(16)36-27/h3-8,10,13-15,28,34-35H,9,11-12H2,1-2H3,(H,33,36,37). The van der Waals surface area contributed by atoms with Crippen molar-refractivity contribution in [3.05, 3.63) is 87.9 Å². The van der Waals surface area contributed by atoms with Crippen LogP contribution in [-0.2, 0) is 16.1 Å². The largest absolute Gasteiger partial charge is 0.458 e. The molecule has 3 aliphatic heterocycles. The van der Waals surface area contributed by atoms with Crippen LogP contribution in [0.5, 0.6) is 0 Å². The summed E-state index contributed by atoms with van der Waals surface area (Å²) in [5.74, 6) is -1.38. The maximum Gasteiger partial charge on any atom is 0.273 e. The van der Waals surface area contributed by atoms with Gasteiger partial charge in [-0.3, -0.25) is 9.79 Å². The maximum atomic E-state index is 14.8. The molecule has 1 aromatic heterocycles. The third kappa shape index (κ3) is 4.98. The van der Waals surface area contributed by atoms with Crippen molar-refractivity contribution in [2.45, 2.75) is 38.8 Å². The van der Waals surface area contributed by atoms with Gasteiger partial charge in [0.05, 0.1) is 23.5 Å². The van der Waals surface area contributed by atoms with Crippen molar-refractivity contribution < 1.29 is 18.3 Å². The average Bonchev–Trinajstić information content (AvgIpc) is 3.32. The first-order valence-electron chi connectivity index (χ1n) is 12.9. The van der Waals surface area contributed by atoms with Crippen molar-refractivity contribution in [3.63, 3.8) is 0 Å². The number of hydrogen-bond acceptors (Lipinski definition) is 8. The van der Waals surface area contributed by atoms with Crippen LogP contribution >= 0.6 is 11.6 Å². The van der Waals surface area contributed by atoms with E-state index in [1.54, 1.807) is 29.3 Å². The molecule has 3 N–H and O–H groups in total. The molecule has 3 atom stereocenters. The molecule has 3 unspecified atom stereocenters. The first-order chi connectivity index (χ1) is 19.3. The molecule has 206 valence electrons. The first kappa shape index (κ1) is 26.1. The monoisotopic (exact) mass is 565 g/mol. The highest BCUT2D eigenvalue weighted by molar-refractivity contribution is 6.31.